The number of hydrogen-bond acceptors (Lipinski definition) is 4. The fraction of sp³-hybridized carbons (Fsp3) is 0.474. The molecule has 3 atom stereocenters. The number of ether oxygens (including phenoxy) is 1. The lowest BCUT2D eigenvalue weighted by Gasteiger charge is -2.52. The maximum atomic E-state index is 12.2. The summed E-state index contributed by atoms with van der Waals surface area (Å²) >= 11 is 0. The summed E-state index contributed by atoms with van der Waals surface area (Å²) in [7, 11) is 1.45. The third kappa shape index (κ3) is 2.72. The smallest absolute Gasteiger partial charge is 0.249 e. The fourth-order valence-corrected chi connectivity index (χ4v) is 3.92. The van der Waals surface area contributed by atoms with Crippen molar-refractivity contribution in [3.8, 4) is 6.07 Å². The Morgan fingerprint density at radius 2 is 2.25 bits per heavy atom. The van der Waals surface area contributed by atoms with Crippen LogP contribution in [-0.4, -0.2) is 48.3 Å². The predicted molar refractivity (Wildman–Crippen MR) is 90.0 cm³/mol. The Hall–Kier alpha value is -2.16. The number of carbonyl (C=O) groups is 1. The van der Waals surface area contributed by atoms with E-state index in [1.165, 1.54) is 17.6 Å². The number of nitriles is 1. The third-order valence-corrected chi connectivity index (χ3v) is 4.99. The Labute approximate surface area is 142 Å². The van der Waals surface area contributed by atoms with Gasteiger partial charge in [-0.15, -0.1) is 0 Å². The quantitative estimate of drug-likeness (QED) is 0.899. The van der Waals surface area contributed by atoms with Crippen molar-refractivity contribution < 1.29 is 14.6 Å². The zero-order valence-electron chi connectivity index (χ0n) is 13.8. The summed E-state index contributed by atoms with van der Waals surface area (Å²) in [6.07, 6.45) is 5.52. The van der Waals surface area contributed by atoms with Gasteiger partial charge in [-0.3, -0.25) is 4.79 Å². The van der Waals surface area contributed by atoms with Gasteiger partial charge in [0.15, 0.2) is 0 Å². The van der Waals surface area contributed by atoms with Gasteiger partial charge in [0.1, 0.15) is 12.6 Å². The Balaban J connectivity index is 1.95. The van der Waals surface area contributed by atoms with Gasteiger partial charge in [0.05, 0.1) is 18.7 Å². The van der Waals surface area contributed by atoms with E-state index in [0.29, 0.717) is 0 Å². The van der Waals surface area contributed by atoms with Crippen LogP contribution in [0.2, 0.25) is 0 Å². The van der Waals surface area contributed by atoms with E-state index < -0.39 is 6.04 Å². The van der Waals surface area contributed by atoms with E-state index in [4.69, 9.17) is 4.74 Å². The van der Waals surface area contributed by atoms with Crippen LogP contribution in [0.3, 0.4) is 0 Å². The van der Waals surface area contributed by atoms with Crippen LogP contribution in [0.4, 0.5) is 0 Å². The SMILES string of the molecule is COCC(=O)N1[C@H](C#N)[C@@H](c2ccccc2C2=CCCC2)[C@@H]1CO. The molecule has 1 N–H and O–H groups in total. The van der Waals surface area contributed by atoms with Crippen LogP contribution >= 0.6 is 0 Å². The molecule has 1 heterocycles. The van der Waals surface area contributed by atoms with Gasteiger partial charge in [-0.05, 0) is 36.0 Å². The topological polar surface area (TPSA) is 73.6 Å². The number of allylic oxidation sites excluding steroid dienone is 2. The molecule has 1 aliphatic carbocycles. The van der Waals surface area contributed by atoms with Crippen LogP contribution in [0.15, 0.2) is 30.3 Å². The molecular weight excluding hydrogens is 304 g/mol. The van der Waals surface area contributed by atoms with Crippen LogP contribution in [0.1, 0.15) is 36.3 Å². The summed E-state index contributed by atoms with van der Waals surface area (Å²) in [5.41, 5.74) is 3.51. The molecule has 0 saturated carbocycles. The van der Waals surface area contributed by atoms with Gasteiger partial charge in [0, 0.05) is 13.0 Å². The van der Waals surface area contributed by atoms with E-state index in [-0.39, 0.29) is 31.1 Å². The monoisotopic (exact) mass is 326 g/mol. The zero-order chi connectivity index (χ0) is 17.1. The fourth-order valence-electron chi connectivity index (χ4n) is 3.92. The normalized spacial score (nSPS) is 25.8. The summed E-state index contributed by atoms with van der Waals surface area (Å²) in [5, 5.41) is 19.4. The van der Waals surface area contributed by atoms with Crippen molar-refractivity contribution in [3.05, 3.63) is 41.5 Å². The number of rotatable bonds is 5. The van der Waals surface area contributed by atoms with Crippen molar-refractivity contribution in [2.45, 2.75) is 37.3 Å². The van der Waals surface area contributed by atoms with Crippen molar-refractivity contribution in [2.75, 3.05) is 20.3 Å². The van der Waals surface area contributed by atoms with Gasteiger partial charge in [-0.2, -0.15) is 5.26 Å². The molecule has 0 spiro atoms. The second-order valence-corrected chi connectivity index (χ2v) is 6.29. The van der Waals surface area contributed by atoms with Crippen LogP contribution in [0, 0.1) is 11.3 Å². The molecule has 1 aromatic rings. The molecule has 5 nitrogen and oxygen atoms in total. The van der Waals surface area contributed by atoms with Crippen LogP contribution < -0.4 is 0 Å². The molecule has 0 radical (unpaired) electrons. The molecule has 1 amide bonds. The number of aliphatic hydroxyl groups is 1. The standard InChI is InChI=1S/C19H22N2O3/c1-24-12-18(23)21-16(10-20)19(17(21)11-22)15-9-5-4-8-14(15)13-6-2-3-7-13/h4-6,8-9,16-17,19,22H,2-3,7,11-12H2,1H3/t16-,17+,19-/m1/s1. The number of hydrogen-bond donors (Lipinski definition) is 1. The molecule has 0 aromatic heterocycles. The van der Waals surface area contributed by atoms with E-state index >= 15 is 0 Å². The minimum Gasteiger partial charge on any atom is -0.394 e. The Bertz CT molecular complexity index is 692. The average molecular weight is 326 g/mol. The van der Waals surface area contributed by atoms with Gasteiger partial charge >= 0.3 is 0 Å². The minimum atomic E-state index is -0.562. The molecule has 126 valence electrons. The van der Waals surface area contributed by atoms with Crippen molar-refractivity contribution in [1.29, 1.82) is 5.26 Å². The maximum Gasteiger partial charge on any atom is 0.249 e. The van der Waals surface area contributed by atoms with E-state index in [9.17, 15) is 15.2 Å². The van der Waals surface area contributed by atoms with Gasteiger partial charge in [0.2, 0.25) is 5.91 Å². The van der Waals surface area contributed by atoms with Crippen LogP contribution in [0.25, 0.3) is 5.57 Å². The molecule has 1 fully saturated rings. The lowest BCUT2D eigenvalue weighted by atomic mass is 9.73. The summed E-state index contributed by atoms with van der Waals surface area (Å²) in [4.78, 5) is 13.7. The van der Waals surface area contributed by atoms with Gasteiger partial charge < -0.3 is 14.7 Å². The maximum absolute atomic E-state index is 12.2. The molecule has 3 rings (SSSR count). The molecule has 1 saturated heterocycles. The predicted octanol–water partition coefficient (Wildman–Crippen LogP) is 2.08. The number of amides is 1. The van der Waals surface area contributed by atoms with E-state index in [0.717, 1.165) is 30.4 Å². The summed E-state index contributed by atoms with van der Waals surface area (Å²) in [6, 6.07) is 9.36. The van der Waals surface area contributed by atoms with E-state index in [1.54, 1.807) is 0 Å². The number of methoxy groups -OCH3 is 1. The molecule has 0 bridgehead atoms. The van der Waals surface area contributed by atoms with E-state index in [2.05, 4.69) is 18.2 Å². The number of likely N-dealkylation sites (tertiary alicyclic amines) is 1. The van der Waals surface area contributed by atoms with Crippen molar-refractivity contribution in [1.82, 2.24) is 4.90 Å². The summed E-state index contributed by atoms with van der Waals surface area (Å²) < 4.78 is 4.90. The Kier molecular flexibility index (Phi) is 4.98. The summed E-state index contributed by atoms with van der Waals surface area (Å²) in [6.45, 7) is -0.236. The number of aliphatic hydroxyl groups excluding tert-OH is 1. The molecule has 1 aromatic carbocycles. The van der Waals surface area contributed by atoms with Crippen molar-refractivity contribution in [3.63, 3.8) is 0 Å². The third-order valence-electron chi connectivity index (χ3n) is 4.99. The van der Waals surface area contributed by atoms with E-state index in [1.807, 2.05) is 18.2 Å². The lowest BCUT2D eigenvalue weighted by Crippen LogP contribution is -2.66. The average Bonchev–Trinajstić information content (AvgIpc) is 3.10. The first-order valence-electron chi connectivity index (χ1n) is 8.31. The largest absolute Gasteiger partial charge is 0.394 e. The first-order valence-corrected chi connectivity index (χ1v) is 8.31. The molecule has 1 aliphatic heterocycles. The highest BCUT2D eigenvalue weighted by atomic mass is 16.5. The summed E-state index contributed by atoms with van der Waals surface area (Å²) in [5.74, 6) is -0.421. The first kappa shape index (κ1) is 16.7. The van der Waals surface area contributed by atoms with Crippen molar-refractivity contribution >= 4 is 11.5 Å². The first-order chi connectivity index (χ1) is 11.7. The van der Waals surface area contributed by atoms with Gasteiger partial charge in [-0.25, -0.2) is 0 Å². The molecule has 2 aliphatic rings. The van der Waals surface area contributed by atoms with Crippen LogP contribution in [0.5, 0.6) is 0 Å². The number of carbonyl (C=O) groups excluding carboxylic acids is 1. The highest BCUT2D eigenvalue weighted by Gasteiger charge is 2.52. The van der Waals surface area contributed by atoms with Gasteiger partial charge in [0.25, 0.3) is 0 Å². The number of benzene rings is 1. The Morgan fingerprint density at radius 3 is 2.88 bits per heavy atom. The second kappa shape index (κ2) is 7.16. The van der Waals surface area contributed by atoms with Crippen molar-refractivity contribution in [2.24, 2.45) is 0 Å². The lowest BCUT2D eigenvalue weighted by molar-refractivity contribution is -0.150. The second-order valence-electron chi connectivity index (χ2n) is 6.29. The molecule has 5 heteroatoms. The number of nitrogens with zero attached hydrogens (tertiary/aromatic N) is 2. The molecule has 0 unspecified atom stereocenters. The minimum absolute atomic E-state index is 0.0752. The van der Waals surface area contributed by atoms with Crippen LogP contribution in [-0.2, 0) is 9.53 Å². The molecule has 24 heavy (non-hydrogen) atoms. The Morgan fingerprint density at radius 1 is 1.46 bits per heavy atom. The highest BCUT2D eigenvalue weighted by Crippen LogP contribution is 2.44. The highest BCUT2D eigenvalue weighted by molar-refractivity contribution is 5.81. The zero-order valence-corrected chi connectivity index (χ0v) is 13.8. The molecular formula is C19H22N2O3. The van der Waals surface area contributed by atoms with Gasteiger partial charge in [-0.1, -0.05) is 30.3 Å².